The molecule has 2 aromatic rings. The number of benzene rings is 1. The molecule has 6 nitrogen and oxygen atoms in total. The van der Waals surface area contributed by atoms with Crippen molar-refractivity contribution in [2.24, 2.45) is 5.92 Å². The number of fused-ring (bicyclic) bond motifs is 1. The Morgan fingerprint density at radius 1 is 1.29 bits per heavy atom. The number of halogens is 1. The molecule has 1 amide bonds. The van der Waals surface area contributed by atoms with Crippen LogP contribution in [0.1, 0.15) is 5.56 Å². The van der Waals surface area contributed by atoms with Gasteiger partial charge in [-0.15, -0.1) is 0 Å². The smallest absolute Gasteiger partial charge is 0.224 e. The minimum Gasteiger partial charge on any atom is -0.370 e. The number of amides is 1. The molecule has 0 bridgehead atoms. The average Bonchev–Trinajstić information content (AvgIpc) is 3.04. The van der Waals surface area contributed by atoms with Crippen LogP contribution in [0.2, 0.25) is 0 Å². The van der Waals surface area contributed by atoms with Gasteiger partial charge in [0.2, 0.25) is 5.91 Å². The van der Waals surface area contributed by atoms with Crippen molar-refractivity contribution in [3.63, 3.8) is 0 Å². The minimum atomic E-state index is -0.289. The number of nitrogens with one attached hydrogen (secondary N) is 3. The Kier molecular flexibility index (Phi) is 5.43. The highest BCUT2D eigenvalue weighted by molar-refractivity contribution is 5.78. The predicted molar refractivity (Wildman–Crippen MR) is 90.2 cm³/mol. The molecule has 1 aromatic carbocycles. The number of carbonyl (C=O) groups is 1. The molecule has 2 heterocycles. The second kappa shape index (κ2) is 7.92. The van der Waals surface area contributed by atoms with Gasteiger partial charge in [0.05, 0.1) is 12.6 Å². The standard InChI is InChI=1S/C17H22FN5O/c18-15-3-1-13(2-4-15)9-17(24)20-8-7-19-10-14-11-21-16-5-6-22-23(16)12-14/h1-6,14,19,21H,7-12H2,(H,20,24)/t14-/m0/s1. The summed E-state index contributed by atoms with van der Waals surface area (Å²) in [6.07, 6.45) is 2.07. The van der Waals surface area contributed by atoms with E-state index in [-0.39, 0.29) is 18.1 Å². The van der Waals surface area contributed by atoms with E-state index in [1.165, 1.54) is 12.1 Å². The largest absolute Gasteiger partial charge is 0.370 e. The SMILES string of the molecule is O=C(Cc1ccc(F)cc1)NCCNC[C@H]1CNc2ccnn2C1. The van der Waals surface area contributed by atoms with E-state index in [1.807, 2.05) is 10.7 Å². The number of anilines is 1. The molecule has 7 heteroatoms. The first-order chi connectivity index (χ1) is 11.7. The van der Waals surface area contributed by atoms with Crippen LogP contribution in [0.25, 0.3) is 0 Å². The molecular weight excluding hydrogens is 309 g/mol. The van der Waals surface area contributed by atoms with Crippen LogP contribution in [0.3, 0.4) is 0 Å². The van der Waals surface area contributed by atoms with Crippen molar-refractivity contribution >= 4 is 11.7 Å². The molecule has 0 saturated carbocycles. The Morgan fingerprint density at radius 3 is 2.96 bits per heavy atom. The molecule has 128 valence electrons. The summed E-state index contributed by atoms with van der Waals surface area (Å²) in [5, 5.41) is 13.8. The molecule has 3 N–H and O–H groups in total. The van der Waals surface area contributed by atoms with E-state index in [0.717, 1.165) is 37.6 Å². The number of hydrogen-bond acceptors (Lipinski definition) is 4. The van der Waals surface area contributed by atoms with E-state index in [4.69, 9.17) is 0 Å². The van der Waals surface area contributed by atoms with Gasteiger partial charge in [-0.3, -0.25) is 4.79 Å². The lowest BCUT2D eigenvalue weighted by Crippen LogP contribution is -2.38. The van der Waals surface area contributed by atoms with Gasteiger partial charge in [0.15, 0.2) is 0 Å². The molecular formula is C17H22FN5O. The zero-order chi connectivity index (χ0) is 16.8. The number of carbonyl (C=O) groups excluding carboxylic acids is 1. The highest BCUT2D eigenvalue weighted by Crippen LogP contribution is 2.15. The highest BCUT2D eigenvalue weighted by atomic mass is 19.1. The van der Waals surface area contributed by atoms with Gasteiger partial charge in [-0.25, -0.2) is 9.07 Å². The van der Waals surface area contributed by atoms with Crippen LogP contribution >= 0.6 is 0 Å². The third kappa shape index (κ3) is 4.55. The van der Waals surface area contributed by atoms with Gasteiger partial charge < -0.3 is 16.0 Å². The van der Waals surface area contributed by atoms with Crippen molar-refractivity contribution in [3.05, 3.63) is 47.9 Å². The molecule has 0 radical (unpaired) electrons. The third-order valence-corrected chi connectivity index (χ3v) is 4.05. The fraction of sp³-hybridized carbons (Fsp3) is 0.412. The Labute approximate surface area is 140 Å². The molecule has 0 saturated heterocycles. The summed E-state index contributed by atoms with van der Waals surface area (Å²) in [5.41, 5.74) is 0.810. The quantitative estimate of drug-likeness (QED) is 0.662. The van der Waals surface area contributed by atoms with Crippen LogP contribution in [0, 0.1) is 11.7 Å². The van der Waals surface area contributed by atoms with E-state index in [1.54, 1.807) is 18.3 Å². The van der Waals surface area contributed by atoms with Crippen LogP contribution in [0.4, 0.5) is 10.2 Å². The minimum absolute atomic E-state index is 0.0519. The lowest BCUT2D eigenvalue weighted by Gasteiger charge is -2.25. The molecule has 3 rings (SSSR count). The van der Waals surface area contributed by atoms with Gasteiger partial charge in [0, 0.05) is 44.7 Å². The third-order valence-electron chi connectivity index (χ3n) is 4.05. The Bertz CT molecular complexity index is 670. The van der Waals surface area contributed by atoms with Gasteiger partial charge in [0.1, 0.15) is 11.6 Å². The van der Waals surface area contributed by atoms with Crippen LogP contribution in [-0.4, -0.2) is 41.9 Å². The number of aromatic nitrogens is 2. The second-order valence-electron chi connectivity index (χ2n) is 6.00. The average molecular weight is 331 g/mol. The summed E-state index contributed by atoms with van der Waals surface area (Å²) in [6.45, 7) is 4.00. The van der Waals surface area contributed by atoms with Gasteiger partial charge in [-0.1, -0.05) is 12.1 Å². The number of hydrogen-bond donors (Lipinski definition) is 3. The van der Waals surface area contributed by atoms with E-state index < -0.39 is 0 Å². The summed E-state index contributed by atoms with van der Waals surface area (Å²) >= 11 is 0. The van der Waals surface area contributed by atoms with Crippen molar-refractivity contribution in [2.45, 2.75) is 13.0 Å². The van der Waals surface area contributed by atoms with E-state index >= 15 is 0 Å². The maximum atomic E-state index is 12.8. The van der Waals surface area contributed by atoms with Crippen molar-refractivity contribution in [1.29, 1.82) is 0 Å². The molecule has 1 aliphatic rings. The van der Waals surface area contributed by atoms with E-state index in [0.29, 0.717) is 12.5 Å². The summed E-state index contributed by atoms with van der Waals surface area (Å²) < 4.78 is 14.8. The van der Waals surface area contributed by atoms with Crippen LogP contribution in [0.5, 0.6) is 0 Å². The molecule has 1 atom stereocenters. The molecule has 0 fully saturated rings. The lowest BCUT2D eigenvalue weighted by molar-refractivity contribution is -0.120. The molecule has 0 spiro atoms. The van der Waals surface area contributed by atoms with E-state index in [2.05, 4.69) is 21.0 Å². The molecule has 0 aliphatic carbocycles. The summed E-state index contributed by atoms with van der Waals surface area (Å²) in [6, 6.07) is 7.97. The van der Waals surface area contributed by atoms with E-state index in [9.17, 15) is 9.18 Å². The Hall–Kier alpha value is -2.41. The van der Waals surface area contributed by atoms with Crippen LogP contribution < -0.4 is 16.0 Å². The first-order valence-electron chi connectivity index (χ1n) is 8.18. The number of nitrogens with zero attached hydrogens (tertiary/aromatic N) is 2. The molecule has 0 unspecified atom stereocenters. The zero-order valence-electron chi connectivity index (χ0n) is 13.5. The van der Waals surface area contributed by atoms with Crippen LogP contribution in [0.15, 0.2) is 36.5 Å². The summed E-state index contributed by atoms with van der Waals surface area (Å²) in [7, 11) is 0. The predicted octanol–water partition coefficient (Wildman–Crippen LogP) is 1.01. The number of rotatable bonds is 7. The monoisotopic (exact) mass is 331 g/mol. The Balaban J connectivity index is 1.29. The first kappa shape index (κ1) is 16.4. The van der Waals surface area contributed by atoms with Crippen LogP contribution in [-0.2, 0) is 17.8 Å². The maximum absolute atomic E-state index is 12.8. The summed E-state index contributed by atoms with van der Waals surface area (Å²) in [5.74, 6) is 1.21. The van der Waals surface area contributed by atoms with Gasteiger partial charge in [-0.2, -0.15) is 5.10 Å². The first-order valence-corrected chi connectivity index (χ1v) is 8.18. The fourth-order valence-corrected chi connectivity index (χ4v) is 2.77. The molecule has 1 aromatic heterocycles. The second-order valence-corrected chi connectivity index (χ2v) is 6.00. The normalized spacial score (nSPS) is 16.3. The Morgan fingerprint density at radius 2 is 2.12 bits per heavy atom. The van der Waals surface area contributed by atoms with Crippen molar-refractivity contribution in [2.75, 3.05) is 31.5 Å². The molecule has 24 heavy (non-hydrogen) atoms. The highest BCUT2D eigenvalue weighted by Gasteiger charge is 2.17. The van der Waals surface area contributed by atoms with Crippen molar-refractivity contribution in [3.8, 4) is 0 Å². The fourth-order valence-electron chi connectivity index (χ4n) is 2.77. The van der Waals surface area contributed by atoms with Gasteiger partial charge in [0.25, 0.3) is 0 Å². The topological polar surface area (TPSA) is 71.0 Å². The summed E-state index contributed by atoms with van der Waals surface area (Å²) in [4.78, 5) is 11.8. The zero-order valence-corrected chi connectivity index (χ0v) is 13.5. The molecule has 1 aliphatic heterocycles. The van der Waals surface area contributed by atoms with Crippen molar-refractivity contribution < 1.29 is 9.18 Å². The lowest BCUT2D eigenvalue weighted by atomic mass is 10.1. The maximum Gasteiger partial charge on any atom is 0.224 e. The van der Waals surface area contributed by atoms with Gasteiger partial charge >= 0.3 is 0 Å². The van der Waals surface area contributed by atoms with Crippen molar-refractivity contribution in [1.82, 2.24) is 20.4 Å². The van der Waals surface area contributed by atoms with Gasteiger partial charge in [-0.05, 0) is 17.7 Å².